The van der Waals surface area contributed by atoms with Gasteiger partial charge >= 0.3 is 12.1 Å². The van der Waals surface area contributed by atoms with E-state index in [0.29, 0.717) is 0 Å². The van der Waals surface area contributed by atoms with Crippen molar-refractivity contribution in [1.29, 1.82) is 10.5 Å². The van der Waals surface area contributed by atoms with Gasteiger partial charge in [-0.1, -0.05) is 0 Å². The molecule has 1 saturated heterocycles. The van der Waals surface area contributed by atoms with Crippen molar-refractivity contribution in [1.82, 2.24) is 10.6 Å². The van der Waals surface area contributed by atoms with Crippen LogP contribution in [0.25, 0.3) is 0 Å². The van der Waals surface area contributed by atoms with Crippen LogP contribution in [0, 0.1) is 22.7 Å². The van der Waals surface area contributed by atoms with Crippen LogP contribution in [0.3, 0.4) is 0 Å². The Balaban J connectivity index is 2.88. The predicted octanol–water partition coefficient (Wildman–Crippen LogP) is 0.487. The van der Waals surface area contributed by atoms with E-state index in [1.807, 2.05) is 0 Å². The van der Waals surface area contributed by atoms with Gasteiger partial charge in [0.05, 0.1) is 12.1 Å². The SMILES string of the molecule is N#CC1NC(C(F)(F)C(F)(F)F)NC1C#N. The van der Waals surface area contributed by atoms with Gasteiger partial charge in [-0.25, -0.2) is 0 Å². The summed E-state index contributed by atoms with van der Waals surface area (Å²) in [6, 6.07) is 0.0437. The van der Waals surface area contributed by atoms with Crippen LogP contribution in [-0.4, -0.2) is 30.3 Å². The predicted molar refractivity (Wildman–Crippen MR) is 39.9 cm³/mol. The lowest BCUT2D eigenvalue weighted by molar-refractivity contribution is -0.293. The van der Waals surface area contributed by atoms with Crippen molar-refractivity contribution in [2.45, 2.75) is 30.3 Å². The van der Waals surface area contributed by atoms with E-state index in [-0.39, 0.29) is 0 Å². The first-order chi connectivity index (χ1) is 7.24. The average molecular weight is 240 g/mol. The first-order valence-electron chi connectivity index (χ1n) is 4.00. The van der Waals surface area contributed by atoms with Crippen LogP contribution in [0.4, 0.5) is 22.0 Å². The van der Waals surface area contributed by atoms with E-state index in [4.69, 9.17) is 10.5 Å². The first-order valence-corrected chi connectivity index (χ1v) is 4.00. The summed E-state index contributed by atoms with van der Waals surface area (Å²) < 4.78 is 61.4. The zero-order valence-corrected chi connectivity index (χ0v) is 7.52. The molecule has 0 radical (unpaired) electrons. The van der Waals surface area contributed by atoms with Crippen molar-refractivity contribution in [2.75, 3.05) is 0 Å². The average Bonchev–Trinajstić information content (AvgIpc) is 2.59. The molecule has 0 aliphatic carbocycles. The van der Waals surface area contributed by atoms with Gasteiger partial charge in [0.1, 0.15) is 18.2 Å². The molecule has 0 spiro atoms. The molecule has 88 valence electrons. The maximum atomic E-state index is 12.8. The first kappa shape index (κ1) is 12.6. The van der Waals surface area contributed by atoms with Gasteiger partial charge in [-0.2, -0.15) is 32.5 Å². The molecular weight excluding hydrogens is 235 g/mol. The van der Waals surface area contributed by atoms with E-state index in [1.165, 1.54) is 12.1 Å². The van der Waals surface area contributed by atoms with Gasteiger partial charge < -0.3 is 0 Å². The maximum Gasteiger partial charge on any atom is 0.456 e. The number of nitrogens with one attached hydrogen (secondary N) is 2. The Kier molecular flexibility index (Phi) is 3.03. The number of nitriles is 2. The van der Waals surface area contributed by atoms with E-state index in [1.54, 1.807) is 10.6 Å². The van der Waals surface area contributed by atoms with Crippen molar-refractivity contribution < 1.29 is 22.0 Å². The second kappa shape index (κ2) is 3.85. The fraction of sp³-hybridized carbons (Fsp3) is 0.714. The van der Waals surface area contributed by atoms with Gasteiger partial charge in [-0.3, -0.25) is 10.6 Å². The molecule has 0 bridgehead atoms. The van der Waals surface area contributed by atoms with Crippen LogP contribution < -0.4 is 10.6 Å². The second-order valence-corrected chi connectivity index (χ2v) is 3.10. The molecule has 1 fully saturated rings. The lowest BCUT2D eigenvalue weighted by Gasteiger charge is -2.25. The summed E-state index contributed by atoms with van der Waals surface area (Å²) in [5, 5.41) is 20.3. The van der Waals surface area contributed by atoms with E-state index in [2.05, 4.69) is 0 Å². The molecule has 16 heavy (non-hydrogen) atoms. The van der Waals surface area contributed by atoms with Crippen LogP contribution in [0.5, 0.6) is 0 Å². The standard InChI is InChI=1S/C7H5F5N4/c8-6(9,7(10,11)12)5-15-3(1-13)4(2-14)16-5/h3-5,15-16H. The minimum Gasteiger partial charge on any atom is -0.279 e. The Labute approximate surface area is 86.6 Å². The fourth-order valence-electron chi connectivity index (χ4n) is 1.20. The summed E-state index contributed by atoms with van der Waals surface area (Å²) in [6.07, 6.45) is -8.22. The maximum absolute atomic E-state index is 12.8. The Morgan fingerprint density at radius 3 is 1.50 bits per heavy atom. The molecule has 0 aromatic heterocycles. The highest BCUT2D eigenvalue weighted by molar-refractivity contribution is 5.16. The third-order valence-corrected chi connectivity index (χ3v) is 2.04. The van der Waals surface area contributed by atoms with Gasteiger partial charge in [0.25, 0.3) is 0 Å². The van der Waals surface area contributed by atoms with Crippen LogP contribution in [0.15, 0.2) is 0 Å². The van der Waals surface area contributed by atoms with Crippen molar-refractivity contribution >= 4 is 0 Å². The van der Waals surface area contributed by atoms with Crippen LogP contribution >= 0.6 is 0 Å². The van der Waals surface area contributed by atoms with Gasteiger partial charge in [0, 0.05) is 0 Å². The smallest absolute Gasteiger partial charge is 0.279 e. The van der Waals surface area contributed by atoms with Gasteiger partial charge in [0.2, 0.25) is 0 Å². The summed E-state index contributed by atoms with van der Waals surface area (Å²) >= 11 is 0. The number of halogens is 5. The van der Waals surface area contributed by atoms with Crippen molar-refractivity contribution in [3.05, 3.63) is 0 Å². The third kappa shape index (κ3) is 1.92. The van der Waals surface area contributed by atoms with E-state index < -0.39 is 30.3 Å². The normalized spacial score (nSPS) is 30.8. The van der Waals surface area contributed by atoms with E-state index in [0.717, 1.165) is 0 Å². The molecule has 1 rings (SSSR count). The highest BCUT2D eigenvalue weighted by atomic mass is 19.4. The minimum absolute atomic E-state index is 1.40. The summed E-state index contributed by atoms with van der Waals surface area (Å²) in [5.74, 6) is -5.05. The van der Waals surface area contributed by atoms with Crippen LogP contribution in [-0.2, 0) is 0 Å². The lowest BCUT2D eigenvalue weighted by atomic mass is 10.2. The minimum atomic E-state index is -5.75. The Morgan fingerprint density at radius 2 is 1.25 bits per heavy atom. The Hall–Kier alpha value is -1.45. The van der Waals surface area contributed by atoms with E-state index >= 15 is 0 Å². The molecule has 0 aromatic carbocycles. The van der Waals surface area contributed by atoms with Crippen LogP contribution in [0.1, 0.15) is 0 Å². The van der Waals surface area contributed by atoms with Gasteiger partial charge in [-0.05, 0) is 0 Å². The number of hydrogen-bond donors (Lipinski definition) is 2. The molecule has 4 nitrogen and oxygen atoms in total. The topological polar surface area (TPSA) is 71.6 Å². The highest BCUT2D eigenvalue weighted by Gasteiger charge is 2.64. The molecule has 2 unspecified atom stereocenters. The summed E-state index contributed by atoms with van der Waals surface area (Å²) in [7, 11) is 0. The van der Waals surface area contributed by atoms with Crippen molar-refractivity contribution in [3.63, 3.8) is 0 Å². The zero-order chi connectivity index (χ0) is 12.6. The molecule has 0 saturated carbocycles. The van der Waals surface area contributed by atoms with Gasteiger partial charge in [-0.15, -0.1) is 0 Å². The fourth-order valence-corrected chi connectivity index (χ4v) is 1.20. The molecule has 1 aliphatic rings. The monoisotopic (exact) mass is 240 g/mol. The number of hydrogen-bond acceptors (Lipinski definition) is 4. The van der Waals surface area contributed by atoms with E-state index in [9.17, 15) is 22.0 Å². The quantitative estimate of drug-likeness (QED) is 0.654. The molecule has 2 atom stereocenters. The summed E-state index contributed by atoms with van der Waals surface area (Å²) in [4.78, 5) is 0. The second-order valence-electron chi connectivity index (χ2n) is 3.10. The number of alkyl halides is 5. The van der Waals surface area contributed by atoms with Crippen LogP contribution in [0.2, 0.25) is 0 Å². The van der Waals surface area contributed by atoms with Crippen molar-refractivity contribution in [3.8, 4) is 12.1 Å². The summed E-state index contributed by atoms with van der Waals surface area (Å²) in [5.41, 5.74) is 0. The third-order valence-electron chi connectivity index (χ3n) is 2.04. The molecule has 9 heteroatoms. The number of nitrogens with zero attached hydrogens (tertiary/aromatic N) is 2. The number of rotatable bonds is 1. The molecule has 1 aliphatic heterocycles. The molecule has 0 aromatic rings. The lowest BCUT2D eigenvalue weighted by Crippen LogP contribution is -2.57. The molecule has 1 heterocycles. The summed E-state index contributed by atoms with van der Waals surface area (Å²) in [6.45, 7) is 0. The molecule has 0 amide bonds. The molecule has 2 N–H and O–H groups in total. The van der Waals surface area contributed by atoms with Gasteiger partial charge in [0.15, 0.2) is 0 Å². The van der Waals surface area contributed by atoms with Crippen molar-refractivity contribution in [2.24, 2.45) is 0 Å². The Bertz CT molecular complexity index is 329. The highest BCUT2D eigenvalue weighted by Crippen LogP contribution is 2.38. The molecular formula is C7H5F5N4. The largest absolute Gasteiger partial charge is 0.456 e. The zero-order valence-electron chi connectivity index (χ0n) is 7.52. The Morgan fingerprint density at radius 1 is 0.875 bits per heavy atom.